The number of hydrogen-bond acceptors (Lipinski definition) is 2. The molecule has 0 aromatic carbocycles. The molecule has 134 valence electrons. The molecule has 0 amide bonds. The Morgan fingerprint density at radius 1 is 1.31 bits per heavy atom. The minimum absolute atomic E-state index is 0.139. The van der Waals surface area contributed by atoms with Crippen LogP contribution >= 0.6 is 0 Å². The Balaban J connectivity index is 2.03. The monoisotopic (exact) mass is 353 g/mol. The van der Waals surface area contributed by atoms with Gasteiger partial charge in [0.2, 0.25) is 0 Å². The summed E-state index contributed by atoms with van der Waals surface area (Å²) in [5.41, 5.74) is 2.02. The first-order chi connectivity index (χ1) is 12.6. The van der Waals surface area contributed by atoms with E-state index >= 15 is 0 Å². The zero-order chi connectivity index (χ0) is 18.3. The van der Waals surface area contributed by atoms with Crippen molar-refractivity contribution in [2.75, 3.05) is 6.54 Å². The maximum atomic E-state index is 14.6. The van der Waals surface area contributed by atoms with Crippen molar-refractivity contribution in [3.05, 3.63) is 58.8 Å². The maximum Gasteiger partial charge on any atom is 0.184 e. The van der Waals surface area contributed by atoms with Crippen molar-refractivity contribution in [2.45, 2.75) is 32.2 Å². The van der Waals surface area contributed by atoms with E-state index in [1.165, 1.54) is 0 Å². The highest BCUT2D eigenvalue weighted by Crippen LogP contribution is 2.37. The summed E-state index contributed by atoms with van der Waals surface area (Å²) in [5.74, 6) is -0.982. The van der Waals surface area contributed by atoms with Gasteiger partial charge < -0.3 is 4.57 Å². The van der Waals surface area contributed by atoms with Gasteiger partial charge in [0.1, 0.15) is 11.2 Å². The molecule has 3 nitrogen and oxygen atoms in total. The summed E-state index contributed by atoms with van der Waals surface area (Å²) in [5, 5.41) is 0.636. The van der Waals surface area contributed by atoms with Crippen molar-refractivity contribution < 1.29 is 8.78 Å². The molecule has 5 heteroatoms. The minimum atomic E-state index is -1.06. The van der Waals surface area contributed by atoms with Crippen LogP contribution in [0.15, 0.2) is 47.3 Å². The smallest absolute Gasteiger partial charge is 0.184 e. The number of rotatable bonds is 3. The van der Waals surface area contributed by atoms with Crippen LogP contribution in [0.2, 0.25) is 0 Å². The van der Waals surface area contributed by atoms with E-state index in [-0.39, 0.29) is 11.4 Å². The van der Waals surface area contributed by atoms with Crippen LogP contribution in [-0.2, 0) is 0 Å². The first kappa shape index (κ1) is 16.9. The minimum Gasteiger partial charge on any atom is -0.318 e. The highest BCUT2D eigenvalue weighted by molar-refractivity contribution is 6.10. The van der Waals surface area contributed by atoms with E-state index in [4.69, 9.17) is 0 Å². The molecule has 1 unspecified atom stereocenters. The number of imidazole rings is 1. The van der Waals surface area contributed by atoms with Gasteiger partial charge in [0.15, 0.2) is 11.7 Å². The van der Waals surface area contributed by atoms with E-state index in [0.717, 1.165) is 37.0 Å². The zero-order valence-corrected chi connectivity index (χ0v) is 14.8. The first-order valence-corrected chi connectivity index (χ1v) is 8.97. The predicted octanol–water partition coefficient (Wildman–Crippen LogP) is 3.55. The van der Waals surface area contributed by atoms with Gasteiger partial charge in [-0.15, -0.1) is 0 Å². The van der Waals surface area contributed by atoms with Crippen LogP contribution in [0.25, 0.3) is 17.5 Å². The molecule has 0 saturated heterocycles. The van der Waals surface area contributed by atoms with E-state index in [1.807, 2.05) is 22.9 Å². The fraction of sp³-hybridized carbons (Fsp3) is 0.333. The van der Waals surface area contributed by atoms with E-state index in [9.17, 15) is 8.78 Å². The van der Waals surface area contributed by atoms with E-state index in [1.54, 1.807) is 13.0 Å². The number of allylic oxidation sites excluding steroid dienone is 6. The molecule has 1 aliphatic heterocycles. The van der Waals surface area contributed by atoms with E-state index in [0.29, 0.717) is 17.1 Å². The number of aliphatic imine (C=N–C) groups is 1. The first-order valence-electron chi connectivity index (χ1n) is 8.97. The molecule has 1 aromatic rings. The molecule has 2 bridgehead atoms. The largest absolute Gasteiger partial charge is 0.318 e. The van der Waals surface area contributed by atoms with Gasteiger partial charge in [0, 0.05) is 30.3 Å². The summed E-state index contributed by atoms with van der Waals surface area (Å²) < 4.78 is 30.1. The van der Waals surface area contributed by atoms with E-state index in [2.05, 4.69) is 28.7 Å². The van der Waals surface area contributed by atoms with Crippen LogP contribution in [0.4, 0.5) is 8.78 Å². The average molecular weight is 353 g/mol. The molecular weight excluding hydrogens is 332 g/mol. The van der Waals surface area contributed by atoms with Gasteiger partial charge in [-0.05, 0) is 31.8 Å². The predicted molar refractivity (Wildman–Crippen MR) is 101 cm³/mol. The number of fused-ring (bicyclic) bond motifs is 2. The van der Waals surface area contributed by atoms with Crippen molar-refractivity contribution in [3.63, 3.8) is 0 Å². The second kappa shape index (κ2) is 6.63. The highest BCUT2D eigenvalue weighted by Gasteiger charge is 2.31. The van der Waals surface area contributed by atoms with Gasteiger partial charge in [-0.3, -0.25) is 4.99 Å². The zero-order valence-electron chi connectivity index (χ0n) is 14.8. The van der Waals surface area contributed by atoms with Crippen LogP contribution in [0.5, 0.6) is 0 Å². The van der Waals surface area contributed by atoms with Gasteiger partial charge >= 0.3 is 0 Å². The lowest BCUT2D eigenvalue weighted by Gasteiger charge is -2.11. The lowest BCUT2D eigenvalue weighted by molar-refractivity contribution is 0.599. The highest BCUT2D eigenvalue weighted by atomic mass is 19.2. The molecule has 0 N–H and O–H groups in total. The quantitative estimate of drug-likeness (QED) is 0.817. The van der Waals surface area contributed by atoms with Gasteiger partial charge in [-0.25, -0.2) is 13.8 Å². The number of halogens is 2. The maximum absolute atomic E-state index is 14.6. The summed E-state index contributed by atoms with van der Waals surface area (Å²) in [7, 11) is 0. The Morgan fingerprint density at radius 3 is 2.81 bits per heavy atom. The SMILES string of the molecule is C=C(F)C(F)=c1c(=CC)nc(C2=C3C=CC=CC(CN=C2)C3)n1C1CC1. The van der Waals surface area contributed by atoms with E-state index < -0.39 is 11.7 Å². The Kier molecular flexibility index (Phi) is 4.31. The fourth-order valence-corrected chi connectivity index (χ4v) is 3.58. The molecule has 26 heavy (non-hydrogen) atoms. The van der Waals surface area contributed by atoms with Gasteiger partial charge in [0.25, 0.3) is 0 Å². The second-order valence-corrected chi connectivity index (χ2v) is 6.92. The van der Waals surface area contributed by atoms with Gasteiger partial charge in [-0.1, -0.05) is 37.0 Å². The molecule has 3 aliphatic rings. The standard InChI is InChI=1S/C21H21F2N3/c1-3-18-20(19(23)13(2)22)26(16-8-9-16)21(25-18)17-12-24-11-14-6-4-5-7-15(17)10-14/h3-7,12,14,16H,2,8-11H2,1H3. The van der Waals surface area contributed by atoms with Crippen LogP contribution < -0.4 is 10.7 Å². The van der Waals surface area contributed by atoms with Gasteiger partial charge in [-0.2, -0.15) is 0 Å². The molecule has 1 saturated carbocycles. The molecule has 1 atom stereocenters. The second-order valence-electron chi connectivity index (χ2n) is 6.92. The summed E-state index contributed by atoms with van der Waals surface area (Å²) >= 11 is 0. The van der Waals surface area contributed by atoms with Crippen LogP contribution in [0.1, 0.15) is 38.1 Å². The summed E-state index contributed by atoms with van der Waals surface area (Å²) in [6.45, 7) is 5.64. The Labute approximate surface area is 151 Å². The number of aromatic nitrogens is 2. The summed E-state index contributed by atoms with van der Waals surface area (Å²) in [6, 6.07) is 0.139. The van der Waals surface area contributed by atoms with Crippen molar-refractivity contribution >= 4 is 23.7 Å². The third kappa shape index (κ3) is 2.91. The molecule has 2 heterocycles. The molecule has 1 fully saturated rings. The Hall–Kier alpha value is -2.56. The Bertz CT molecular complexity index is 1000. The molecule has 2 aliphatic carbocycles. The third-order valence-electron chi connectivity index (χ3n) is 4.99. The average Bonchev–Trinajstić information content (AvgIpc) is 3.45. The molecule has 0 radical (unpaired) electrons. The van der Waals surface area contributed by atoms with Crippen molar-refractivity contribution in [2.24, 2.45) is 10.9 Å². The van der Waals surface area contributed by atoms with Crippen molar-refractivity contribution in [3.8, 4) is 0 Å². The fourth-order valence-electron chi connectivity index (χ4n) is 3.58. The number of nitrogens with zero attached hydrogens (tertiary/aromatic N) is 3. The van der Waals surface area contributed by atoms with Crippen molar-refractivity contribution in [1.29, 1.82) is 0 Å². The normalized spacial score (nSPS) is 24.0. The van der Waals surface area contributed by atoms with Crippen LogP contribution in [0, 0.1) is 5.92 Å². The van der Waals surface area contributed by atoms with Crippen LogP contribution in [0.3, 0.4) is 0 Å². The van der Waals surface area contributed by atoms with Gasteiger partial charge in [0.05, 0.1) is 5.35 Å². The lowest BCUT2D eigenvalue weighted by atomic mass is 9.98. The molecule has 4 rings (SSSR count). The van der Waals surface area contributed by atoms with Crippen molar-refractivity contribution in [1.82, 2.24) is 9.55 Å². The molecular formula is C21H21F2N3. The summed E-state index contributed by atoms with van der Waals surface area (Å²) in [6.07, 6.45) is 14.6. The number of hydrogen-bond donors (Lipinski definition) is 0. The lowest BCUT2D eigenvalue weighted by Crippen LogP contribution is -2.32. The Morgan fingerprint density at radius 2 is 2.12 bits per heavy atom. The third-order valence-corrected chi connectivity index (χ3v) is 4.99. The summed E-state index contributed by atoms with van der Waals surface area (Å²) in [4.78, 5) is 9.23. The topological polar surface area (TPSA) is 30.2 Å². The van der Waals surface area contributed by atoms with Crippen LogP contribution in [-0.4, -0.2) is 22.3 Å². The molecule has 0 spiro atoms. The molecule has 1 aromatic heterocycles.